The molecule has 2 N–H and O–H groups in total. The summed E-state index contributed by atoms with van der Waals surface area (Å²) >= 11 is 0. The van der Waals surface area contributed by atoms with Crippen LogP contribution in [0.3, 0.4) is 0 Å². The van der Waals surface area contributed by atoms with Crippen LogP contribution in [0.5, 0.6) is 0 Å². The molecule has 1 aliphatic heterocycles. The maximum atomic E-state index is 12.5. The number of carbonyl (C=O) groups is 2. The van der Waals surface area contributed by atoms with E-state index < -0.39 is 11.6 Å². The molecule has 21 heavy (non-hydrogen) atoms. The molecule has 1 saturated heterocycles. The van der Waals surface area contributed by atoms with Gasteiger partial charge in [-0.3, -0.25) is 0 Å². The lowest BCUT2D eigenvalue weighted by molar-refractivity contribution is -0.160. The van der Waals surface area contributed by atoms with E-state index in [-0.39, 0.29) is 25.3 Å². The van der Waals surface area contributed by atoms with E-state index in [4.69, 9.17) is 14.9 Å². The predicted molar refractivity (Wildman–Crippen MR) is 75.0 cm³/mol. The Hall–Kier alpha value is -1.34. The van der Waals surface area contributed by atoms with Gasteiger partial charge in [0.1, 0.15) is 12.2 Å². The lowest BCUT2D eigenvalue weighted by Gasteiger charge is -2.49. The highest BCUT2D eigenvalue weighted by Gasteiger charge is 2.45. The van der Waals surface area contributed by atoms with E-state index in [9.17, 15) is 9.59 Å². The number of hydrogen-bond acceptors (Lipinski definition) is 4. The van der Waals surface area contributed by atoms with E-state index >= 15 is 0 Å². The first kappa shape index (κ1) is 16.0. The highest BCUT2D eigenvalue weighted by Crippen LogP contribution is 2.29. The molecule has 7 nitrogen and oxygen atoms in total. The van der Waals surface area contributed by atoms with Crippen molar-refractivity contribution in [2.75, 3.05) is 32.8 Å². The zero-order chi connectivity index (χ0) is 15.5. The molecule has 2 aliphatic rings. The first-order valence-corrected chi connectivity index (χ1v) is 7.47. The second kappa shape index (κ2) is 6.62. The zero-order valence-electron chi connectivity index (χ0n) is 12.5. The fourth-order valence-corrected chi connectivity index (χ4v) is 3.16. The molecule has 1 heterocycles. The van der Waals surface area contributed by atoms with Gasteiger partial charge in [0, 0.05) is 12.6 Å². The van der Waals surface area contributed by atoms with Crippen LogP contribution in [0, 0.1) is 0 Å². The summed E-state index contributed by atoms with van der Waals surface area (Å²) in [4.78, 5) is 26.4. The van der Waals surface area contributed by atoms with Crippen LogP contribution >= 0.6 is 0 Å². The van der Waals surface area contributed by atoms with E-state index in [1.807, 2.05) is 6.92 Å². The number of rotatable bonds is 6. The molecular weight excluding hydrogens is 276 g/mol. The average molecular weight is 300 g/mol. The molecule has 120 valence electrons. The summed E-state index contributed by atoms with van der Waals surface area (Å²) in [6.45, 7) is 2.57. The zero-order valence-corrected chi connectivity index (χ0v) is 12.5. The van der Waals surface area contributed by atoms with Crippen LogP contribution in [0.2, 0.25) is 0 Å². The van der Waals surface area contributed by atoms with Gasteiger partial charge in [-0.1, -0.05) is 12.8 Å². The highest BCUT2D eigenvalue weighted by atomic mass is 16.5. The molecule has 7 heteroatoms. The van der Waals surface area contributed by atoms with Gasteiger partial charge in [-0.05, 0) is 19.8 Å². The monoisotopic (exact) mass is 300 g/mol. The van der Waals surface area contributed by atoms with Crippen molar-refractivity contribution in [3.63, 3.8) is 0 Å². The third kappa shape index (κ3) is 3.85. The molecule has 0 aromatic rings. The molecule has 0 atom stereocenters. The fraction of sp³-hybridized carbons (Fsp3) is 0.857. The van der Waals surface area contributed by atoms with Crippen LogP contribution in [-0.2, 0) is 9.53 Å². The number of likely N-dealkylation sites (tertiary alicyclic amines) is 1. The molecular formula is C14H24N2O5. The number of aliphatic hydroxyl groups excluding tert-OH is 1. The summed E-state index contributed by atoms with van der Waals surface area (Å²) in [5.41, 5.74) is -0.575. The Morgan fingerprint density at radius 3 is 2.48 bits per heavy atom. The van der Waals surface area contributed by atoms with Crippen molar-refractivity contribution in [3.05, 3.63) is 0 Å². The third-order valence-corrected chi connectivity index (χ3v) is 4.22. The maximum absolute atomic E-state index is 12.5. The van der Waals surface area contributed by atoms with Gasteiger partial charge in [-0.2, -0.15) is 0 Å². The van der Waals surface area contributed by atoms with E-state index in [1.54, 1.807) is 9.80 Å². The molecule has 2 fully saturated rings. The number of ether oxygens (including phenoxy) is 1. The van der Waals surface area contributed by atoms with E-state index in [1.165, 1.54) is 0 Å². The van der Waals surface area contributed by atoms with Gasteiger partial charge in [0.15, 0.2) is 0 Å². The first-order valence-electron chi connectivity index (χ1n) is 7.47. The molecule has 0 aromatic carbocycles. The summed E-state index contributed by atoms with van der Waals surface area (Å²) < 4.78 is 5.31. The Kier molecular flexibility index (Phi) is 5.05. The van der Waals surface area contributed by atoms with Crippen molar-refractivity contribution >= 4 is 12.0 Å². The van der Waals surface area contributed by atoms with Crippen molar-refractivity contribution in [2.24, 2.45) is 0 Å². The SMILES string of the molecule is CC1(OCC(=O)O)CN(C(=O)N(CCO)C2CCCC2)C1. The summed E-state index contributed by atoms with van der Waals surface area (Å²) in [6, 6.07) is 0.142. The standard InChI is InChI=1S/C14H24N2O5/c1-14(21-8-12(18)19)9-15(10-14)13(20)16(6-7-17)11-4-2-3-5-11/h11,17H,2-10H2,1H3,(H,18,19). The Bertz CT molecular complexity index is 389. The Labute approximate surface area is 124 Å². The number of carboxylic acid groups (broad SMARTS) is 1. The number of amides is 2. The first-order chi connectivity index (χ1) is 9.95. The number of urea groups is 1. The number of nitrogens with zero attached hydrogens (tertiary/aromatic N) is 2. The minimum Gasteiger partial charge on any atom is -0.480 e. The average Bonchev–Trinajstić information content (AvgIpc) is 2.92. The van der Waals surface area contributed by atoms with E-state index in [2.05, 4.69) is 0 Å². The third-order valence-electron chi connectivity index (χ3n) is 4.22. The van der Waals surface area contributed by atoms with Crippen LogP contribution in [0.25, 0.3) is 0 Å². The largest absolute Gasteiger partial charge is 0.480 e. The second-order valence-electron chi connectivity index (χ2n) is 6.13. The Morgan fingerprint density at radius 1 is 1.33 bits per heavy atom. The molecule has 2 rings (SSSR count). The normalized spacial score (nSPS) is 21.1. The van der Waals surface area contributed by atoms with Gasteiger partial charge in [-0.15, -0.1) is 0 Å². The lowest BCUT2D eigenvalue weighted by atomic mass is 9.96. The fourth-order valence-electron chi connectivity index (χ4n) is 3.16. The van der Waals surface area contributed by atoms with Crippen molar-refractivity contribution in [1.82, 2.24) is 9.80 Å². The van der Waals surface area contributed by atoms with Crippen LogP contribution in [-0.4, -0.2) is 76.5 Å². The summed E-state index contributed by atoms with van der Waals surface area (Å²) in [6.07, 6.45) is 4.23. The molecule has 1 aliphatic carbocycles. The summed E-state index contributed by atoms with van der Waals surface area (Å²) in [5, 5.41) is 17.8. The Balaban J connectivity index is 1.86. The van der Waals surface area contributed by atoms with Gasteiger partial charge in [0.25, 0.3) is 0 Å². The van der Waals surface area contributed by atoms with Gasteiger partial charge in [-0.25, -0.2) is 9.59 Å². The van der Waals surface area contributed by atoms with Gasteiger partial charge in [0.05, 0.1) is 19.7 Å². The van der Waals surface area contributed by atoms with E-state index in [0.717, 1.165) is 25.7 Å². The smallest absolute Gasteiger partial charge is 0.329 e. The summed E-state index contributed by atoms with van der Waals surface area (Å²) in [5.74, 6) is -1.01. The second-order valence-corrected chi connectivity index (χ2v) is 6.13. The molecule has 0 unspecified atom stereocenters. The van der Waals surface area contributed by atoms with Crippen LogP contribution in [0.4, 0.5) is 4.79 Å². The maximum Gasteiger partial charge on any atom is 0.329 e. The molecule has 0 spiro atoms. The number of aliphatic hydroxyl groups is 1. The van der Waals surface area contributed by atoms with Crippen LogP contribution < -0.4 is 0 Å². The van der Waals surface area contributed by atoms with Crippen molar-refractivity contribution in [3.8, 4) is 0 Å². The quantitative estimate of drug-likeness (QED) is 0.746. The number of carbonyl (C=O) groups excluding carboxylic acids is 1. The topological polar surface area (TPSA) is 90.3 Å². The number of carboxylic acids is 1. The summed E-state index contributed by atoms with van der Waals surface area (Å²) in [7, 11) is 0. The molecule has 1 saturated carbocycles. The van der Waals surface area contributed by atoms with Crippen molar-refractivity contribution in [1.29, 1.82) is 0 Å². The van der Waals surface area contributed by atoms with Gasteiger partial charge in [0.2, 0.25) is 0 Å². The number of hydrogen-bond donors (Lipinski definition) is 2. The lowest BCUT2D eigenvalue weighted by Crippen LogP contribution is -2.66. The molecule has 0 radical (unpaired) electrons. The number of aliphatic carboxylic acids is 1. The van der Waals surface area contributed by atoms with Crippen molar-refractivity contribution < 1.29 is 24.5 Å². The van der Waals surface area contributed by atoms with Gasteiger partial charge < -0.3 is 24.7 Å². The van der Waals surface area contributed by atoms with E-state index in [0.29, 0.717) is 19.6 Å². The molecule has 2 amide bonds. The van der Waals surface area contributed by atoms with Gasteiger partial charge >= 0.3 is 12.0 Å². The molecule has 0 bridgehead atoms. The van der Waals surface area contributed by atoms with Crippen LogP contribution in [0.15, 0.2) is 0 Å². The minimum atomic E-state index is -1.01. The minimum absolute atomic E-state index is 0.0388. The highest BCUT2D eigenvalue weighted by molar-refractivity contribution is 5.76. The van der Waals surface area contributed by atoms with Crippen molar-refractivity contribution in [2.45, 2.75) is 44.2 Å². The predicted octanol–water partition coefficient (Wildman–Crippen LogP) is 0.519. The Morgan fingerprint density at radius 2 is 1.95 bits per heavy atom. The molecule has 0 aromatic heterocycles. The van der Waals surface area contributed by atoms with Crippen LogP contribution in [0.1, 0.15) is 32.6 Å².